The average molecular weight is 442 g/mol. The number of ether oxygens (including phenoxy) is 1. The van der Waals surface area contributed by atoms with Gasteiger partial charge in [0.1, 0.15) is 12.2 Å². The van der Waals surface area contributed by atoms with Crippen LogP contribution in [0.1, 0.15) is 43.6 Å². The quantitative estimate of drug-likeness (QED) is 0.483. The first-order chi connectivity index (χ1) is 15.6. The Morgan fingerprint density at radius 1 is 1.25 bits per heavy atom. The molecule has 0 bridgehead atoms. The van der Waals surface area contributed by atoms with E-state index in [1.165, 1.54) is 11.1 Å². The van der Waals surface area contributed by atoms with E-state index in [0.29, 0.717) is 32.8 Å². The third kappa shape index (κ3) is 6.70. The number of likely N-dealkylation sites (tertiary alicyclic amines) is 1. The van der Waals surface area contributed by atoms with Gasteiger partial charge in [0, 0.05) is 38.6 Å². The molecule has 0 atom stereocenters. The predicted molar refractivity (Wildman–Crippen MR) is 124 cm³/mol. The molecule has 32 heavy (non-hydrogen) atoms. The van der Waals surface area contributed by atoms with Crippen molar-refractivity contribution in [2.24, 2.45) is 4.99 Å². The summed E-state index contributed by atoms with van der Waals surface area (Å²) in [7, 11) is 0. The standard InChI is InChI=1S/C23H35N7O2/c1-4-21-28-26-17-30(21)15-12-24-22(25-16-19-9-7-6-8-18(19)3)27-20-10-13-29(14-11-20)23(31)32-5-2/h6-9,17,20H,4-5,10-16H2,1-3H3,(H2,24,25,27). The third-order valence-corrected chi connectivity index (χ3v) is 5.69. The lowest BCUT2D eigenvalue weighted by molar-refractivity contribution is 0.0963. The Bertz CT molecular complexity index is 888. The lowest BCUT2D eigenvalue weighted by Crippen LogP contribution is -2.50. The second-order valence-electron chi connectivity index (χ2n) is 7.92. The molecule has 0 spiro atoms. The van der Waals surface area contributed by atoms with Crippen LogP contribution in [0.5, 0.6) is 0 Å². The molecule has 2 N–H and O–H groups in total. The van der Waals surface area contributed by atoms with Crippen molar-refractivity contribution < 1.29 is 9.53 Å². The number of aliphatic imine (C=N–C) groups is 1. The number of hydrogen-bond donors (Lipinski definition) is 2. The summed E-state index contributed by atoms with van der Waals surface area (Å²) in [5.41, 5.74) is 2.44. The van der Waals surface area contributed by atoms with Gasteiger partial charge in [-0.05, 0) is 37.8 Å². The predicted octanol–water partition coefficient (Wildman–Crippen LogP) is 2.51. The molecule has 1 aliphatic rings. The maximum atomic E-state index is 12.0. The SMILES string of the molecule is CCOC(=O)N1CCC(NC(=NCc2ccccc2C)NCCn2cnnc2CC)CC1. The van der Waals surface area contributed by atoms with Crippen LogP contribution in [0.15, 0.2) is 35.6 Å². The van der Waals surface area contributed by atoms with Gasteiger partial charge in [-0.2, -0.15) is 0 Å². The van der Waals surface area contributed by atoms with Gasteiger partial charge in [-0.1, -0.05) is 31.2 Å². The van der Waals surface area contributed by atoms with Gasteiger partial charge >= 0.3 is 6.09 Å². The molecule has 1 fully saturated rings. The summed E-state index contributed by atoms with van der Waals surface area (Å²) in [6, 6.07) is 8.56. The van der Waals surface area contributed by atoms with Gasteiger partial charge in [0.2, 0.25) is 0 Å². The number of piperidine rings is 1. The van der Waals surface area contributed by atoms with Crippen LogP contribution in [-0.4, -0.2) is 64.0 Å². The van der Waals surface area contributed by atoms with Crippen molar-refractivity contribution in [1.82, 2.24) is 30.3 Å². The van der Waals surface area contributed by atoms with E-state index in [1.54, 1.807) is 11.2 Å². The lowest BCUT2D eigenvalue weighted by Gasteiger charge is -2.32. The van der Waals surface area contributed by atoms with Crippen LogP contribution < -0.4 is 10.6 Å². The number of hydrogen-bond acceptors (Lipinski definition) is 5. The fourth-order valence-electron chi connectivity index (χ4n) is 3.75. The lowest BCUT2D eigenvalue weighted by atomic mass is 10.1. The molecule has 2 aromatic rings. The van der Waals surface area contributed by atoms with Crippen molar-refractivity contribution in [3.05, 3.63) is 47.5 Å². The van der Waals surface area contributed by atoms with E-state index < -0.39 is 0 Å². The molecule has 0 saturated carbocycles. The van der Waals surface area contributed by atoms with Crippen molar-refractivity contribution in [3.63, 3.8) is 0 Å². The molecule has 9 nitrogen and oxygen atoms in total. The number of guanidine groups is 1. The van der Waals surface area contributed by atoms with Crippen LogP contribution >= 0.6 is 0 Å². The zero-order chi connectivity index (χ0) is 22.8. The van der Waals surface area contributed by atoms with Crippen LogP contribution in [0, 0.1) is 6.92 Å². The molecule has 0 radical (unpaired) electrons. The van der Waals surface area contributed by atoms with Crippen molar-refractivity contribution in [2.45, 2.75) is 59.2 Å². The summed E-state index contributed by atoms with van der Waals surface area (Å²) >= 11 is 0. The molecule has 2 heterocycles. The zero-order valence-electron chi connectivity index (χ0n) is 19.4. The molecule has 174 valence electrons. The van der Waals surface area contributed by atoms with Crippen LogP contribution in [0.2, 0.25) is 0 Å². The van der Waals surface area contributed by atoms with Crippen LogP contribution in [-0.2, 0) is 24.2 Å². The minimum Gasteiger partial charge on any atom is -0.450 e. The number of carbonyl (C=O) groups excluding carboxylic acids is 1. The number of benzene rings is 1. The first kappa shape index (κ1) is 23.6. The summed E-state index contributed by atoms with van der Waals surface area (Å²) in [5.74, 6) is 1.76. The molecule has 1 amide bonds. The molecular weight excluding hydrogens is 406 g/mol. The molecule has 1 aliphatic heterocycles. The summed E-state index contributed by atoms with van der Waals surface area (Å²) in [5, 5.41) is 15.2. The minimum atomic E-state index is -0.224. The smallest absolute Gasteiger partial charge is 0.409 e. The Kier molecular flexibility index (Phi) is 8.89. The highest BCUT2D eigenvalue weighted by Gasteiger charge is 2.24. The highest BCUT2D eigenvalue weighted by molar-refractivity contribution is 5.80. The minimum absolute atomic E-state index is 0.224. The molecular formula is C23H35N7O2. The van der Waals surface area contributed by atoms with Crippen molar-refractivity contribution in [2.75, 3.05) is 26.2 Å². The number of amides is 1. The Labute approximate surface area is 190 Å². The van der Waals surface area contributed by atoms with Crippen molar-refractivity contribution in [1.29, 1.82) is 0 Å². The van der Waals surface area contributed by atoms with Gasteiger partial charge in [0.15, 0.2) is 5.96 Å². The Hall–Kier alpha value is -3.10. The molecule has 0 unspecified atom stereocenters. The van der Waals surface area contributed by atoms with E-state index in [1.807, 2.05) is 19.1 Å². The van der Waals surface area contributed by atoms with E-state index in [9.17, 15) is 4.79 Å². The van der Waals surface area contributed by atoms with Gasteiger partial charge in [-0.3, -0.25) is 0 Å². The molecule has 1 aromatic heterocycles. The Morgan fingerprint density at radius 3 is 2.75 bits per heavy atom. The van der Waals surface area contributed by atoms with E-state index in [0.717, 1.165) is 37.6 Å². The second kappa shape index (κ2) is 12.1. The number of nitrogens with one attached hydrogen (secondary N) is 2. The van der Waals surface area contributed by atoms with Gasteiger partial charge in [0.05, 0.1) is 13.2 Å². The third-order valence-electron chi connectivity index (χ3n) is 5.69. The Balaban J connectivity index is 1.59. The normalized spacial score (nSPS) is 15.0. The van der Waals surface area contributed by atoms with E-state index in [-0.39, 0.29) is 12.1 Å². The van der Waals surface area contributed by atoms with E-state index >= 15 is 0 Å². The number of aromatic nitrogens is 3. The summed E-state index contributed by atoms with van der Waals surface area (Å²) in [4.78, 5) is 18.6. The number of carbonyl (C=O) groups is 1. The monoisotopic (exact) mass is 441 g/mol. The topological polar surface area (TPSA) is 96.7 Å². The second-order valence-corrected chi connectivity index (χ2v) is 7.92. The first-order valence-electron chi connectivity index (χ1n) is 11.5. The van der Waals surface area contributed by atoms with Crippen molar-refractivity contribution in [3.8, 4) is 0 Å². The number of aryl methyl sites for hydroxylation is 2. The first-order valence-corrected chi connectivity index (χ1v) is 11.5. The van der Waals surface area contributed by atoms with Gasteiger partial charge in [0.25, 0.3) is 0 Å². The number of nitrogens with zero attached hydrogens (tertiary/aromatic N) is 5. The molecule has 3 rings (SSSR count). The summed E-state index contributed by atoms with van der Waals surface area (Å²) in [6.45, 7) is 9.87. The molecule has 1 saturated heterocycles. The molecule has 0 aliphatic carbocycles. The highest BCUT2D eigenvalue weighted by Crippen LogP contribution is 2.12. The largest absolute Gasteiger partial charge is 0.450 e. The van der Waals surface area contributed by atoms with Crippen LogP contribution in [0.4, 0.5) is 4.79 Å². The summed E-state index contributed by atoms with van der Waals surface area (Å²) < 4.78 is 7.18. The maximum absolute atomic E-state index is 12.0. The highest BCUT2D eigenvalue weighted by atomic mass is 16.6. The van der Waals surface area contributed by atoms with Gasteiger partial charge in [-0.15, -0.1) is 10.2 Å². The average Bonchev–Trinajstić information content (AvgIpc) is 3.26. The fourth-order valence-corrected chi connectivity index (χ4v) is 3.75. The van der Waals surface area contributed by atoms with Gasteiger partial charge in [-0.25, -0.2) is 9.79 Å². The fraction of sp³-hybridized carbons (Fsp3) is 0.565. The van der Waals surface area contributed by atoms with Crippen LogP contribution in [0.3, 0.4) is 0 Å². The van der Waals surface area contributed by atoms with Gasteiger partial charge < -0.3 is 24.8 Å². The maximum Gasteiger partial charge on any atom is 0.409 e. The molecule has 1 aromatic carbocycles. The van der Waals surface area contributed by atoms with Crippen molar-refractivity contribution >= 4 is 12.1 Å². The number of rotatable bonds is 8. The molecule has 9 heteroatoms. The summed E-state index contributed by atoms with van der Waals surface area (Å²) in [6.07, 6.45) is 4.11. The Morgan fingerprint density at radius 2 is 2.03 bits per heavy atom. The zero-order valence-corrected chi connectivity index (χ0v) is 19.4. The van der Waals surface area contributed by atoms with E-state index in [4.69, 9.17) is 9.73 Å². The van der Waals surface area contributed by atoms with E-state index in [2.05, 4.69) is 51.4 Å². The van der Waals surface area contributed by atoms with Crippen LogP contribution in [0.25, 0.3) is 0 Å².